The summed E-state index contributed by atoms with van der Waals surface area (Å²) in [6, 6.07) is 7.43. The molecule has 0 bridgehead atoms. The topological polar surface area (TPSA) is 48.4 Å². The lowest BCUT2D eigenvalue weighted by atomic mass is 10.1. The Labute approximate surface area is 134 Å². The van der Waals surface area contributed by atoms with Crippen molar-refractivity contribution in [2.75, 3.05) is 25.6 Å². The molecule has 0 fully saturated rings. The van der Waals surface area contributed by atoms with Gasteiger partial charge in [-0.05, 0) is 24.6 Å². The summed E-state index contributed by atoms with van der Waals surface area (Å²) in [6.07, 6.45) is 0. The van der Waals surface area contributed by atoms with E-state index in [-0.39, 0.29) is 12.6 Å². The fourth-order valence-corrected chi connectivity index (χ4v) is 3.03. The van der Waals surface area contributed by atoms with E-state index in [1.807, 2.05) is 50.2 Å². The van der Waals surface area contributed by atoms with Gasteiger partial charge in [0.05, 0.1) is 18.3 Å². The summed E-state index contributed by atoms with van der Waals surface area (Å²) in [7, 11) is 3.97. The highest BCUT2D eigenvalue weighted by Gasteiger charge is 2.13. The third-order valence-corrected chi connectivity index (χ3v) is 4.81. The van der Waals surface area contributed by atoms with Crippen LogP contribution in [-0.4, -0.2) is 30.8 Å². The highest BCUT2D eigenvalue weighted by atomic mass is 35.5. The molecule has 1 unspecified atom stereocenters. The molecule has 2 rings (SSSR count). The van der Waals surface area contributed by atoms with Gasteiger partial charge in [-0.15, -0.1) is 11.3 Å². The van der Waals surface area contributed by atoms with Crippen LogP contribution in [0.5, 0.6) is 0 Å². The van der Waals surface area contributed by atoms with Gasteiger partial charge in [-0.3, -0.25) is 0 Å². The first kappa shape index (κ1) is 16.2. The standard InChI is InChI=1S/C15H20ClN3OS/c1-10-14(21-15(18-10)19(2)3)8-17-13(9-20)11-4-6-12(16)7-5-11/h4-7,13,17,20H,8-9H2,1-3H3. The molecule has 1 heterocycles. The lowest BCUT2D eigenvalue weighted by molar-refractivity contribution is 0.244. The largest absolute Gasteiger partial charge is 0.394 e. The molecule has 0 radical (unpaired) electrons. The van der Waals surface area contributed by atoms with Gasteiger partial charge in [0.1, 0.15) is 0 Å². The number of aliphatic hydroxyl groups excluding tert-OH is 1. The molecular formula is C15H20ClN3OS. The van der Waals surface area contributed by atoms with Gasteiger partial charge in [0.2, 0.25) is 0 Å². The Kier molecular flexibility index (Phi) is 5.58. The Balaban J connectivity index is 2.05. The van der Waals surface area contributed by atoms with Crippen molar-refractivity contribution in [2.24, 2.45) is 0 Å². The van der Waals surface area contributed by atoms with Gasteiger partial charge in [-0.25, -0.2) is 4.98 Å². The van der Waals surface area contributed by atoms with Gasteiger partial charge in [-0.1, -0.05) is 23.7 Å². The number of halogens is 1. The van der Waals surface area contributed by atoms with Crippen LogP contribution >= 0.6 is 22.9 Å². The maximum absolute atomic E-state index is 9.57. The Bertz CT molecular complexity index is 583. The Morgan fingerprint density at radius 2 is 2.00 bits per heavy atom. The van der Waals surface area contributed by atoms with Gasteiger partial charge in [-0.2, -0.15) is 0 Å². The van der Waals surface area contributed by atoms with Crippen LogP contribution in [0.2, 0.25) is 5.02 Å². The number of aryl methyl sites for hydroxylation is 1. The molecule has 0 spiro atoms. The molecule has 1 atom stereocenters. The van der Waals surface area contributed by atoms with E-state index >= 15 is 0 Å². The second-order valence-corrected chi connectivity index (χ2v) is 6.57. The summed E-state index contributed by atoms with van der Waals surface area (Å²) in [5.41, 5.74) is 2.06. The maximum atomic E-state index is 9.57. The van der Waals surface area contributed by atoms with Crippen LogP contribution in [0.4, 0.5) is 5.13 Å². The highest BCUT2D eigenvalue weighted by Crippen LogP contribution is 2.25. The molecule has 0 saturated carbocycles. The first-order chi connectivity index (χ1) is 10.0. The van der Waals surface area contributed by atoms with Gasteiger partial charge >= 0.3 is 0 Å². The molecule has 0 aliphatic carbocycles. The van der Waals surface area contributed by atoms with Crippen molar-refractivity contribution in [3.63, 3.8) is 0 Å². The van der Waals surface area contributed by atoms with Crippen LogP contribution in [-0.2, 0) is 6.54 Å². The van der Waals surface area contributed by atoms with Crippen molar-refractivity contribution >= 4 is 28.1 Å². The van der Waals surface area contributed by atoms with Crippen molar-refractivity contribution in [1.29, 1.82) is 0 Å². The van der Waals surface area contributed by atoms with Crippen LogP contribution < -0.4 is 10.2 Å². The van der Waals surface area contributed by atoms with Gasteiger partial charge < -0.3 is 15.3 Å². The van der Waals surface area contributed by atoms with E-state index in [9.17, 15) is 5.11 Å². The Hall–Kier alpha value is -1.14. The maximum Gasteiger partial charge on any atom is 0.185 e. The van der Waals surface area contributed by atoms with Crippen molar-refractivity contribution in [2.45, 2.75) is 19.5 Å². The number of hydrogen-bond donors (Lipinski definition) is 2. The fraction of sp³-hybridized carbons (Fsp3) is 0.400. The second-order valence-electron chi connectivity index (χ2n) is 5.07. The van der Waals surface area contributed by atoms with E-state index in [1.165, 1.54) is 4.88 Å². The average molecular weight is 326 g/mol. The van der Waals surface area contributed by atoms with E-state index in [1.54, 1.807) is 11.3 Å². The van der Waals surface area contributed by atoms with E-state index < -0.39 is 0 Å². The molecule has 0 aliphatic heterocycles. The molecule has 4 nitrogen and oxygen atoms in total. The summed E-state index contributed by atoms with van der Waals surface area (Å²) < 4.78 is 0. The summed E-state index contributed by atoms with van der Waals surface area (Å²) in [5, 5.41) is 14.6. The molecule has 2 N–H and O–H groups in total. The number of aromatic nitrogens is 1. The van der Waals surface area contributed by atoms with Crippen LogP contribution in [0.1, 0.15) is 22.2 Å². The molecular weight excluding hydrogens is 306 g/mol. The molecule has 114 valence electrons. The predicted octanol–water partition coefficient (Wildman–Crippen LogP) is 2.99. The molecule has 21 heavy (non-hydrogen) atoms. The zero-order chi connectivity index (χ0) is 15.4. The van der Waals surface area contributed by atoms with Crippen LogP contribution in [0.3, 0.4) is 0 Å². The quantitative estimate of drug-likeness (QED) is 0.857. The van der Waals surface area contributed by atoms with E-state index in [0.29, 0.717) is 11.6 Å². The molecule has 0 saturated heterocycles. The monoisotopic (exact) mass is 325 g/mol. The SMILES string of the molecule is Cc1nc(N(C)C)sc1CNC(CO)c1ccc(Cl)cc1. The molecule has 1 aromatic carbocycles. The summed E-state index contributed by atoms with van der Waals surface area (Å²) >= 11 is 7.56. The van der Waals surface area contributed by atoms with Crippen molar-refractivity contribution in [1.82, 2.24) is 10.3 Å². The summed E-state index contributed by atoms with van der Waals surface area (Å²) in [4.78, 5) is 7.71. The summed E-state index contributed by atoms with van der Waals surface area (Å²) in [6.45, 7) is 2.74. The number of benzene rings is 1. The zero-order valence-corrected chi connectivity index (χ0v) is 14.0. The first-order valence-corrected chi connectivity index (χ1v) is 7.94. The van der Waals surface area contributed by atoms with Crippen molar-refractivity contribution in [3.8, 4) is 0 Å². The third kappa shape index (κ3) is 4.17. The predicted molar refractivity (Wildman–Crippen MR) is 89.3 cm³/mol. The molecule has 2 aromatic rings. The van der Waals surface area contributed by atoms with Gasteiger partial charge in [0.25, 0.3) is 0 Å². The van der Waals surface area contributed by atoms with E-state index in [0.717, 1.165) is 16.4 Å². The smallest absolute Gasteiger partial charge is 0.185 e. The van der Waals surface area contributed by atoms with Crippen molar-refractivity contribution in [3.05, 3.63) is 45.4 Å². The fourth-order valence-electron chi connectivity index (χ4n) is 1.97. The normalized spacial score (nSPS) is 12.4. The molecule has 0 amide bonds. The Morgan fingerprint density at radius 1 is 1.33 bits per heavy atom. The van der Waals surface area contributed by atoms with Gasteiger partial charge in [0, 0.05) is 30.5 Å². The van der Waals surface area contributed by atoms with Crippen LogP contribution in [0.15, 0.2) is 24.3 Å². The van der Waals surface area contributed by atoms with E-state index in [2.05, 4.69) is 10.3 Å². The van der Waals surface area contributed by atoms with Crippen LogP contribution in [0.25, 0.3) is 0 Å². The van der Waals surface area contributed by atoms with Gasteiger partial charge in [0.15, 0.2) is 5.13 Å². The second kappa shape index (κ2) is 7.22. The first-order valence-electron chi connectivity index (χ1n) is 6.74. The minimum absolute atomic E-state index is 0.0417. The lowest BCUT2D eigenvalue weighted by Crippen LogP contribution is -2.23. The third-order valence-electron chi connectivity index (χ3n) is 3.23. The molecule has 1 aromatic heterocycles. The number of thiazole rings is 1. The zero-order valence-electron chi connectivity index (χ0n) is 12.4. The minimum atomic E-state index is -0.105. The number of rotatable bonds is 6. The Morgan fingerprint density at radius 3 is 2.52 bits per heavy atom. The minimum Gasteiger partial charge on any atom is -0.394 e. The molecule has 0 aliphatic rings. The highest BCUT2D eigenvalue weighted by molar-refractivity contribution is 7.15. The van der Waals surface area contributed by atoms with E-state index in [4.69, 9.17) is 11.6 Å². The number of nitrogens with one attached hydrogen (secondary N) is 1. The average Bonchev–Trinajstić information content (AvgIpc) is 2.83. The van der Waals surface area contributed by atoms with Crippen LogP contribution in [0, 0.1) is 6.92 Å². The number of nitrogens with zero attached hydrogens (tertiary/aromatic N) is 2. The number of anilines is 1. The number of hydrogen-bond acceptors (Lipinski definition) is 5. The number of aliphatic hydroxyl groups is 1. The van der Waals surface area contributed by atoms with Crippen molar-refractivity contribution < 1.29 is 5.11 Å². The molecule has 6 heteroatoms. The summed E-state index contributed by atoms with van der Waals surface area (Å²) in [5.74, 6) is 0. The lowest BCUT2D eigenvalue weighted by Gasteiger charge is -2.16.